The molecule has 60 heavy (non-hydrogen) atoms. The van der Waals surface area contributed by atoms with Crippen LogP contribution in [0.2, 0.25) is 0 Å². The van der Waals surface area contributed by atoms with Gasteiger partial charge in [-0.3, -0.25) is 9.59 Å². The van der Waals surface area contributed by atoms with Crippen molar-refractivity contribution in [2.24, 2.45) is 0 Å². The molecule has 1 amide bonds. The Hall–Kier alpha value is -1.40. The van der Waals surface area contributed by atoms with Gasteiger partial charge in [-0.2, -0.15) is 0 Å². The average molecular weight is 848 g/mol. The van der Waals surface area contributed by atoms with E-state index in [9.17, 15) is 19.8 Å². The van der Waals surface area contributed by atoms with E-state index in [-0.39, 0.29) is 18.5 Å². The van der Waals surface area contributed by atoms with Crippen LogP contribution >= 0.6 is 0 Å². The molecule has 0 bridgehead atoms. The number of hydrogen-bond acceptors (Lipinski definition) is 5. The molecule has 0 radical (unpaired) electrons. The third-order valence-corrected chi connectivity index (χ3v) is 12.6. The van der Waals surface area contributed by atoms with E-state index in [1.165, 1.54) is 225 Å². The van der Waals surface area contributed by atoms with Crippen LogP contribution in [-0.2, 0) is 14.3 Å². The van der Waals surface area contributed by atoms with E-state index in [0.29, 0.717) is 19.4 Å². The van der Waals surface area contributed by atoms with Crippen LogP contribution in [0.3, 0.4) is 0 Å². The molecule has 0 aromatic carbocycles. The predicted molar refractivity (Wildman–Crippen MR) is 260 cm³/mol. The molecule has 0 aromatic rings. The van der Waals surface area contributed by atoms with Gasteiger partial charge in [0.1, 0.15) is 0 Å². The van der Waals surface area contributed by atoms with Gasteiger partial charge in [-0.25, -0.2) is 0 Å². The van der Waals surface area contributed by atoms with Crippen molar-refractivity contribution in [2.75, 3.05) is 13.2 Å². The number of rotatable bonds is 50. The van der Waals surface area contributed by atoms with Crippen LogP contribution in [0.4, 0.5) is 0 Å². The Balaban J connectivity index is 3.41. The van der Waals surface area contributed by atoms with Crippen molar-refractivity contribution < 1.29 is 24.5 Å². The number of unbranched alkanes of at least 4 members (excludes halogenated alkanes) is 39. The van der Waals surface area contributed by atoms with Gasteiger partial charge in [-0.1, -0.05) is 264 Å². The Kier molecular flexibility index (Phi) is 49.1. The zero-order chi connectivity index (χ0) is 43.7. The number of ether oxygens (including phenoxy) is 1. The fourth-order valence-electron chi connectivity index (χ4n) is 8.40. The van der Waals surface area contributed by atoms with E-state index < -0.39 is 12.1 Å². The molecular weight excluding hydrogens is 743 g/mol. The van der Waals surface area contributed by atoms with E-state index in [0.717, 1.165) is 44.9 Å². The molecule has 0 heterocycles. The standard InChI is InChI=1S/C54H105NO5/c1-3-5-7-9-11-13-15-16-17-18-21-24-28-32-36-40-44-48-54(59)60-49-45-41-37-33-29-25-22-19-20-23-27-31-35-39-43-47-53(58)55-51(50-56)52(57)46-42-38-34-30-26-14-12-10-8-6-4-2/h42,46,51-52,56-57H,3-41,43-45,47-50H2,1-2H3,(H,55,58)/b46-42+. The van der Waals surface area contributed by atoms with Crippen LogP contribution in [0.25, 0.3) is 0 Å². The molecule has 2 unspecified atom stereocenters. The van der Waals surface area contributed by atoms with E-state index in [4.69, 9.17) is 4.74 Å². The van der Waals surface area contributed by atoms with E-state index in [1.807, 2.05) is 6.08 Å². The highest BCUT2D eigenvalue weighted by molar-refractivity contribution is 5.76. The van der Waals surface area contributed by atoms with Crippen LogP contribution in [0.5, 0.6) is 0 Å². The minimum absolute atomic E-state index is 0.00346. The highest BCUT2D eigenvalue weighted by atomic mass is 16.5. The normalized spacial score (nSPS) is 12.7. The molecule has 0 spiro atoms. The van der Waals surface area contributed by atoms with E-state index in [1.54, 1.807) is 6.08 Å². The zero-order valence-corrected chi connectivity index (χ0v) is 40.5. The van der Waals surface area contributed by atoms with Gasteiger partial charge in [0.05, 0.1) is 25.4 Å². The van der Waals surface area contributed by atoms with Gasteiger partial charge in [0.2, 0.25) is 5.91 Å². The molecule has 0 saturated carbocycles. The number of nitrogens with one attached hydrogen (secondary N) is 1. The summed E-state index contributed by atoms with van der Waals surface area (Å²) in [5, 5.41) is 23.0. The summed E-state index contributed by atoms with van der Waals surface area (Å²) in [4.78, 5) is 24.5. The first-order valence-electron chi connectivity index (χ1n) is 27.0. The smallest absolute Gasteiger partial charge is 0.305 e. The average Bonchev–Trinajstić information content (AvgIpc) is 3.25. The van der Waals surface area contributed by atoms with Gasteiger partial charge in [-0.05, 0) is 32.1 Å². The van der Waals surface area contributed by atoms with Crippen molar-refractivity contribution in [1.82, 2.24) is 5.32 Å². The third kappa shape index (κ3) is 46.1. The molecule has 0 aliphatic heterocycles. The number of aliphatic hydroxyl groups excluding tert-OH is 2. The molecular formula is C54H105NO5. The van der Waals surface area contributed by atoms with Gasteiger partial charge >= 0.3 is 5.97 Å². The van der Waals surface area contributed by atoms with Crippen molar-refractivity contribution in [3.8, 4) is 0 Å². The third-order valence-electron chi connectivity index (χ3n) is 12.6. The van der Waals surface area contributed by atoms with Gasteiger partial charge in [0.15, 0.2) is 0 Å². The monoisotopic (exact) mass is 848 g/mol. The van der Waals surface area contributed by atoms with E-state index in [2.05, 4.69) is 19.2 Å². The Morgan fingerprint density at radius 1 is 0.450 bits per heavy atom. The number of carbonyl (C=O) groups is 2. The Labute approximate surface area is 374 Å². The fourth-order valence-corrected chi connectivity index (χ4v) is 8.40. The molecule has 0 aromatic heterocycles. The molecule has 3 N–H and O–H groups in total. The minimum atomic E-state index is -0.847. The fraction of sp³-hybridized carbons (Fsp3) is 0.926. The van der Waals surface area contributed by atoms with Gasteiger partial charge in [-0.15, -0.1) is 0 Å². The zero-order valence-electron chi connectivity index (χ0n) is 40.5. The number of esters is 1. The van der Waals surface area contributed by atoms with Crippen molar-refractivity contribution in [3.05, 3.63) is 12.2 Å². The summed E-state index contributed by atoms with van der Waals surface area (Å²) < 4.78 is 5.48. The number of aliphatic hydroxyl groups is 2. The van der Waals surface area contributed by atoms with Crippen LogP contribution in [0.1, 0.15) is 296 Å². The lowest BCUT2D eigenvalue weighted by Gasteiger charge is -2.20. The van der Waals surface area contributed by atoms with Gasteiger partial charge in [0, 0.05) is 12.8 Å². The van der Waals surface area contributed by atoms with E-state index >= 15 is 0 Å². The lowest BCUT2D eigenvalue weighted by atomic mass is 10.0. The first-order chi connectivity index (χ1) is 29.5. The maximum atomic E-state index is 12.4. The lowest BCUT2D eigenvalue weighted by molar-refractivity contribution is -0.143. The maximum Gasteiger partial charge on any atom is 0.305 e. The maximum absolute atomic E-state index is 12.4. The Morgan fingerprint density at radius 3 is 1.13 bits per heavy atom. The molecule has 0 fully saturated rings. The SMILES string of the molecule is CCCCCCCCCCC/C=C/C(O)C(CO)NC(=O)CCCCCCCCCCCCCCCCCOC(=O)CCCCCCCCCCCCCCCCCCC. The summed E-state index contributed by atoms with van der Waals surface area (Å²) in [5.41, 5.74) is 0. The van der Waals surface area contributed by atoms with Crippen LogP contribution in [0.15, 0.2) is 12.2 Å². The van der Waals surface area contributed by atoms with Crippen molar-refractivity contribution in [3.63, 3.8) is 0 Å². The first-order valence-corrected chi connectivity index (χ1v) is 27.0. The second-order valence-corrected chi connectivity index (χ2v) is 18.6. The summed E-state index contributed by atoms with van der Waals surface area (Å²) in [6, 6.07) is -0.632. The Morgan fingerprint density at radius 2 is 0.767 bits per heavy atom. The van der Waals surface area contributed by atoms with Gasteiger partial charge < -0.3 is 20.3 Å². The summed E-state index contributed by atoms with van der Waals surface area (Å²) in [5.74, 6) is -0.0733. The quantitative estimate of drug-likeness (QED) is 0.0322. The molecule has 2 atom stereocenters. The summed E-state index contributed by atoms with van der Waals surface area (Å²) in [6.07, 6.45) is 57.9. The second-order valence-electron chi connectivity index (χ2n) is 18.6. The summed E-state index contributed by atoms with van der Waals surface area (Å²) >= 11 is 0. The molecule has 0 saturated heterocycles. The lowest BCUT2D eigenvalue weighted by Crippen LogP contribution is -2.45. The molecule has 0 rings (SSSR count). The number of hydrogen-bond donors (Lipinski definition) is 3. The number of amides is 1. The topological polar surface area (TPSA) is 95.9 Å². The van der Waals surface area contributed by atoms with Gasteiger partial charge in [0.25, 0.3) is 0 Å². The highest BCUT2D eigenvalue weighted by Crippen LogP contribution is 2.17. The number of carbonyl (C=O) groups excluding carboxylic acids is 2. The highest BCUT2D eigenvalue weighted by Gasteiger charge is 2.18. The summed E-state index contributed by atoms with van der Waals surface area (Å²) in [6.45, 7) is 4.89. The van der Waals surface area contributed by atoms with Crippen molar-refractivity contribution in [1.29, 1.82) is 0 Å². The van der Waals surface area contributed by atoms with Crippen molar-refractivity contribution in [2.45, 2.75) is 309 Å². The first kappa shape index (κ1) is 58.6. The summed E-state index contributed by atoms with van der Waals surface area (Å²) in [7, 11) is 0. The van der Waals surface area contributed by atoms with Crippen LogP contribution < -0.4 is 5.32 Å². The van der Waals surface area contributed by atoms with Crippen LogP contribution in [0, 0.1) is 0 Å². The largest absolute Gasteiger partial charge is 0.466 e. The minimum Gasteiger partial charge on any atom is -0.466 e. The molecule has 6 heteroatoms. The molecule has 356 valence electrons. The second kappa shape index (κ2) is 50.2. The van der Waals surface area contributed by atoms with Crippen molar-refractivity contribution >= 4 is 11.9 Å². The molecule has 0 aliphatic rings. The number of allylic oxidation sites excluding steroid dienone is 1. The van der Waals surface area contributed by atoms with Crippen LogP contribution in [-0.4, -0.2) is 47.4 Å². The molecule has 0 aliphatic carbocycles. The molecule has 6 nitrogen and oxygen atoms in total. The Bertz CT molecular complexity index is 893. The predicted octanol–water partition coefficient (Wildman–Crippen LogP) is 16.1.